The van der Waals surface area contributed by atoms with Crippen molar-refractivity contribution in [3.63, 3.8) is 0 Å². The number of nitrogens with zero attached hydrogens (tertiary/aromatic N) is 1. The minimum absolute atomic E-state index is 0.106. The van der Waals surface area contributed by atoms with E-state index in [0.717, 1.165) is 5.56 Å². The summed E-state index contributed by atoms with van der Waals surface area (Å²) in [5, 5.41) is 8.76. The molecule has 1 atom stereocenters. The van der Waals surface area contributed by atoms with Crippen LogP contribution in [0.1, 0.15) is 18.9 Å². The fourth-order valence-electron chi connectivity index (χ4n) is 2.02. The summed E-state index contributed by atoms with van der Waals surface area (Å²) < 4.78 is 5.50. The number of amides is 1. The lowest BCUT2D eigenvalue weighted by molar-refractivity contribution is -0.136. The molecule has 19 heavy (non-hydrogen) atoms. The molecule has 0 aromatic heterocycles. The number of rotatable bonds is 4. The van der Waals surface area contributed by atoms with Crippen molar-refractivity contribution in [2.45, 2.75) is 26.0 Å². The lowest BCUT2D eigenvalue weighted by atomic mass is 10.1. The zero-order valence-electron chi connectivity index (χ0n) is 10.6. The molecule has 1 aliphatic heterocycles. The van der Waals surface area contributed by atoms with Gasteiger partial charge in [0.15, 0.2) is 6.10 Å². The van der Waals surface area contributed by atoms with E-state index in [9.17, 15) is 9.59 Å². The van der Waals surface area contributed by atoms with E-state index < -0.39 is 12.1 Å². The summed E-state index contributed by atoms with van der Waals surface area (Å²) in [5.41, 5.74) is 7.03. The van der Waals surface area contributed by atoms with Crippen LogP contribution in [-0.4, -0.2) is 29.6 Å². The summed E-state index contributed by atoms with van der Waals surface area (Å²) in [5.74, 6) is -0.596. The van der Waals surface area contributed by atoms with Gasteiger partial charge in [-0.2, -0.15) is 0 Å². The summed E-state index contributed by atoms with van der Waals surface area (Å²) in [6.07, 6.45) is -0.713. The van der Waals surface area contributed by atoms with E-state index in [4.69, 9.17) is 15.6 Å². The molecular weight excluding hydrogens is 248 g/mol. The summed E-state index contributed by atoms with van der Waals surface area (Å²) in [6.45, 7) is 2.13. The van der Waals surface area contributed by atoms with Crippen LogP contribution < -0.4 is 15.4 Å². The zero-order chi connectivity index (χ0) is 14.0. The van der Waals surface area contributed by atoms with E-state index in [1.165, 1.54) is 4.90 Å². The lowest BCUT2D eigenvalue weighted by Crippen LogP contribution is -2.45. The SMILES string of the molecule is CC1Oc2ccc(CN)cc2N(CCC(=O)O)C1=O. The number of fused-ring (bicyclic) bond motifs is 1. The first kappa shape index (κ1) is 13.4. The average Bonchev–Trinajstić information content (AvgIpc) is 2.38. The number of anilines is 1. The topological polar surface area (TPSA) is 92.9 Å². The number of aliphatic carboxylic acids is 1. The smallest absolute Gasteiger partial charge is 0.305 e. The van der Waals surface area contributed by atoms with E-state index >= 15 is 0 Å². The minimum atomic E-state index is -0.941. The molecule has 102 valence electrons. The second-order valence-electron chi connectivity index (χ2n) is 4.40. The van der Waals surface area contributed by atoms with Gasteiger partial charge in [-0.05, 0) is 24.6 Å². The van der Waals surface area contributed by atoms with Gasteiger partial charge in [0.2, 0.25) is 0 Å². The van der Waals surface area contributed by atoms with Crippen molar-refractivity contribution < 1.29 is 19.4 Å². The molecule has 1 unspecified atom stereocenters. The third-order valence-electron chi connectivity index (χ3n) is 3.02. The minimum Gasteiger partial charge on any atom is -0.481 e. The van der Waals surface area contributed by atoms with Gasteiger partial charge in [-0.1, -0.05) is 6.07 Å². The highest BCUT2D eigenvalue weighted by Gasteiger charge is 2.31. The van der Waals surface area contributed by atoms with E-state index in [1.807, 2.05) is 6.07 Å². The number of benzene rings is 1. The predicted molar refractivity (Wildman–Crippen MR) is 69.0 cm³/mol. The Labute approximate surface area is 110 Å². The first-order chi connectivity index (χ1) is 9.02. The molecule has 0 radical (unpaired) electrons. The highest BCUT2D eigenvalue weighted by Crippen LogP contribution is 2.34. The van der Waals surface area contributed by atoms with Crippen molar-refractivity contribution in [1.82, 2.24) is 0 Å². The normalized spacial score (nSPS) is 17.9. The van der Waals surface area contributed by atoms with Crippen LogP contribution in [0.2, 0.25) is 0 Å². The van der Waals surface area contributed by atoms with Gasteiger partial charge in [0.05, 0.1) is 12.1 Å². The number of carboxylic acids is 1. The predicted octanol–water partition coefficient (Wildman–Crippen LogP) is 0.734. The first-order valence-electron chi connectivity index (χ1n) is 6.05. The molecular formula is C13H16N2O4. The molecule has 6 heteroatoms. The molecule has 1 aromatic carbocycles. The quantitative estimate of drug-likeness (QED) is 0.836. The van der Waals surface area contributed by atoms with Crippen molar-refractivity contribution in [1.29, 1.82) is 0 Å². The first-order valence-corrected chi connectivity index (χ1v) is 6.05. The van der Waals surface area contributed by atoms with Crippen molar-refractivity contribution in [2.75, 3.05) is 11.4 Å². The average molecular weight is 264 g/mol. The molecule has 1 aliphatic rings. The maximum atomic E-state index is 12.1. The van der Waals surface area contributed by atoms with Gasteiger partial charge in [0.25, 0.3) is 5.91 Å². The second kappa shape index (κ2) is 5.27. The van der Waals surface area contributed by atoms with Crippen LogP contribution in [0.25, 0.3) is 0 Å². The van der Waals surface area contributed by atoms with Crippen LogP contribution in [0, 0.1) is 0 Å². The Bertz CT molecular complexity index is 515. The number of nitrogens with two attached hydrogens (primary N) is 1. The molecule has 0 aliphatic carbocycles. The van der Waals surface area contributed by atoms with E-state index in [2.05, 4.69) is 0 Å². The fourth-order valence-corrected chi connectivity index (χ4v) is 2.02. The molecule has 2 rings (SSSR count). The van der Waals surface area contributed by atoms with Crippen molar-refractivity contribution in [3.05, 3.63) is 23.8 Å². The molecule has 0 bridgehead atoms. The molecule has 0 saturated carbocycles. The van der Waals surface area contributed by atoms with Crippen LogP contribution in [0.5, 0.6) is 5.75 Å². The van der Waals surface area contributed by atoms with Crippen molar-refractivity contribution in [2.24, 2.45) is 5.73 Å². The van der Waals surface area contributed by atoms with Crippen LogP contribution in [-0.2, 0) is 16.1 Å². The molecule has 3 N–H and O–H groups in total. The Balaban J connectivity index is 2.35. The molecule has 0 fully saturated rings. The number of ether oxygens (including phenoxy) is 1. The van der Waals surface area contributed by atoms with Gasteiger partial charge in [0, 0.05) is 13.1 Å². The van der Waals surface area contributed by atoms with Crippen LogP contribution in [0.15, 0.2) is 18.2 Å². The van der Waals surface area contributed by atoms with Gasteiger partial charge < -0.3 is 20.5 Å². The summed E-state index contributed by atoms with van der Waals surface area (Å²) in [6, 6.07) is 5.35. The summed E-state index contributed by atoms with van der Waals surface area (Å²) >= 11 is 0. The van der Waals surface area contributed by atoms with Crippen LogP contribution in [0.4, 0.5) is 5.69 Å². The Hall–Kier alpha value is -2.08. The van der Waals surface area contributed by atoms with Crippen molar-refractivity contribution in [3.8, 4) is 5.75 Å². The highest BCUT2D eigenvalue weighted by atomic mass is 16.5. The molecule has 0 saturated heterocycles. The molecule has 1 aromatic rings. The fraction of sp³-hybridized carbons (Fsp3) is 0.385. The third kappa shape index (κ3) is 2.68. The van der Waals surface area contributed by atoms with Gasteiger partial charge in [-0.25, -0.2) is 0 Å². The van der Waals surface area contributed by atoms with Crippen LogP contribution >= 0.6 is 0 Å². The van der Waals surface area contributed by atoms with Gasteiger partial charge >= 0.3 is 5.97 Å². The lowest BCUT2D eigenvalue weighted by Gasteiger charge is -2.33. The monoisotopic (exact) mass is 264 g/mol. The van der Waals surface area contributed by atoms with Gasteiger partial charge in [-0.3, -0.25) is 9.59 Å². The van der Waals surface area contributed by atoms with Crippen molar-refractivity contribution >= 4 is 17.6 Å². The Morgan fingerprint density at radius 1 is 1.53 bits per heavy atom. The Kier molecular flexibility index (Phi) is 3.71. The highest BCUT2D eigenvalue weighted by molar-refractivity contribution is 6.00. The third-order valence-corrected chi connectivity index (χ3v) is 3.02. The molecule has 1 amide bonds. The maximum absolute atomic E-state index is 12.1. The maximum Gasteiger partial charge on any atom is 0.305 e. The number of hydrogen-bond donors (Lipinski definition) is 2. The Morgan fingerprint density at radius 2 is 2.26 bits per heavy atom. The standard InChI is InChI=1S/C13H16N2O4/c1-8-13(18)15(5-4-12(16)17)10-6-9(7-14)2-3-11(10)19-8/h2-3,6,8H,4-5,7,14H2,1H3,(H,16,17). The summed E-state index contributed by atoms with van der Waals surface area (Å²) in [4.78, 5) is 24.2. The molecule has 6 nitrogen and oxygen atoms in total. The summed E-state index contributed by atoms with van der Waals surface area (Å²) in [7, 11) is 0. The van der Waals surface area contributed by atoms with Gasteiger partial charge in [0.1, 0.15) is 5.75 Å². The van der Waals surface area contributed by atoms with Crippen LogP contribution in [0.3, 0.4) is 0 Å². The van der Waals surface area contributed by atoms with E-state index in [1.54, 1.807) is 19.1 Å². The molecule has 0 spiro atoms. The second-order valence-corrected chi connectivity index (χ2v) is 4.40. The van der Waals surface area contributed by atoms with Gasteiger partial charge in [-0.15, -0.1) is 0 Å². The van der Waals surface area contributed by atoms with E-state index in [0.29, 0.717) is 18.0 Å². The van der Waals surface area contributed by atoms with E-state index in [-0.39, 0.29) is 18.9 Å². The number of carbonyl (C=O) groups excluding carboxylic acids is 1. The molecule has 1 heterocycles. The zero-order valence-corrected chi connectivity index (χ0v) is 10.6. The number of carboxylic acid groups (broad SMARTS) is 1. The number of carbonyl (C=O) groups is 2. The largest absolute Gasteiger partial charge is 0.481 e. The number of hydrogen-bond acceptors (Lipinski definition) is 4. The Morgan fingerprint density at radius 3 is 2.89 bits per heavy atom.